The van der Waals surface area contributed by atoms with Gasteiger partial charge < -0.3 is 4.74 Å². The number of hydrogen-bond donors (Lipinski definition) is 0. The number of rotatable bonds is 14. The molecular weight excluding hydrogens is 452 g/mol. The summed E-state index contributed by atoms with van der Waals surface area (Å²) >= 11 is 0. The van der Waals surface area contributed by atoms with E-state index in [2.05, 4.69) is 17.1 Å². The standard InChI is InChI=1S/C30H34N2O4/c1-3-34-30(33)29(20-25-13-9-6-10-14-25)32-22-27-17-15-26(16-18-27)21-31-28(23-36-35-4-2)19-24-11-7-5-8-12-24/h5-18,21-22,28-29H,3-4,19-20,23H2,1-2H3/t28-,29-/m0/s1. The van der Waals surface area contributed by atoms with Crippen LogP contribution in [0.4, 0.5) is 0 Å². The predicted octanol–water partition coefficient (Wildman–Crippen LogP) is 5.28. The normalized spacial score (nSPS) is 13.2. The molecule has 6 heteroatoms. The number of benzene rings is 3. The van der Waals surface area contributed by atoms with Gasteiger partial charge in [-0.1, -0.05) is 84.9 Å². The van der Waals surface area contributed by atoms with Crippen molar-refractivity contribution in [2.75, 3.05) is 19.8 Å². The van der Waals surface area contributed by atoms with E-state index in [-0.39, 0.29) is 12.0 Å². The molecule has 0 saturated heterocycles. The van der Waals surface area contributed by atoms with Gasteiger partial charge in [0.1, 0.15) is 6.61 Å². The van der Waals surface area contributed by atoms with E-state index in [1.165, 1.54) is 5.56 Å². The summed E-state index contributed by atoms with van der Waals surface area (Å²) in [6, 6.07) is 27.2. The maximum Gasteiger partial charge on any atom is 0.331 e. The molecule has 0 aromatic heterocycles. The van der Waals surface area contributed by atoms with Gasteiger partial charge in [0.25, 0.3) is 0 Å². The molecule has 2 atom stereocenters. The third-order valence-electron chi connectivity index (χ3n) is 5.38. The van der Waals surface area contributed by atoms with Crippen LogP contribution in [0.5, 0.6) is 0 Å². The summed E-state index contributed by atoms with van der Waals surface area (Å²) in [7, 11) is 0. The van der Waals surface area contributed by atoms with Gasteiger partial charge in [0.05, 0.1) is 19.3 Å². The predicted molar refractivity (Wildman–Crippen MR) is 144 cm³/mol. The molecule has 3 rings (SSSR count). The zero-order valence-corrected chi connectivity index (χ0v) is 21.0. The summed E-state index contributed by atoms with van der Waals surface area (Å²) in [6.07, 6.45) is 4.82. The van der Waals surface area contributed by atoms with E-state index in [9.17, 15) is 4.79 Å². The lowest BCUT2D eigenvalue weighted by Crippen LogP contribution is -2.24. The van der Waals surface area contributed by atoms with Gasteiger partial charge >= 0.3 is 5.97 Å². The number of nitrogens with zero attached hydrogens (tertiary/aromatic N) is 2. The minimum Gasteiger partial charge on any atom is -0.464 e. The zero-order chi connectivity index (χ0) is 25.4. The molecule has 6 nitrogen and oxygen atoms in total. The van der Waals surface area contributed by atoms with Crippen molar-refractivity contribution in [1.82, 2.24) is 0 Å². The van der Waals surface area contributed by atoms with Crippen molar-refractivity contribution < 1.29 is 19.3 Å². The molecule has 0 N–H and O–H groups in total. The van der Waals surface area contributed by atoms with Crippen LogP contribution in [0.1, 0.15) is 36.1 Å². The summed E-state index contributed by atoms with van der Waals surface area (Å²) in [5, 5.41) is 0. The van der Waals surface area contributed by atoms with E-state index in [1.54, 1.807) is 13.1 Å². The van der Waals surface area contributed by atoms with Crippen molar-refractivity contribution in [3.8, 4) is 0 Å². The summed E-state index contributed by atoms with van der Waals surface area (Å²) in [5.41, 5.74) is 4.10. The van der Waals surface area contributed by atoms with Crippen LogP contribution in [-0.2, 0) is 32.1 Å². The second-order valence-electron chi connectivity index (χ2n) is 8.22. The van der Waals surface area contributed by atoms with Crippen molar-refractivity contribution in [3.63, 3.8) is 0 Å². The maximum absolute atomic E-state index is 12.4. The minimum absolute atomic E-state index is 0.0662. The van der Waals surface area contributed by atoms with Gasteiger partial charge in [-0.3, -0.25) is 9.98 Å². The van der Waals surface area contributed by atoms with E-state index in [1.807, 2.05) is 85.9 Å². The van der Waals surface area contributed by atoms with Gasteiger partial charge in [0.2, 0.25) is 0 Å². The molecule has 0 aliphatic carbocycles. The van der Waals surface area contributed by atoms with E-state index in [4.69, 9.17) is 19.5 Å². The van der Waals surface area contributed by atoms with Gasteiger partial charge in [-0.25, -0.2) is 14.6 Å². The molecule has 0 radical (unpaired) electrons. The Kier molecular flexibility index (Phi) is 11.5. The van der Waals surface area contributed by atoms with E-state index >= 15 is 0 Å². The topological polar surface area (TPSA) is 69.5 Å². The van der Waals surface area contributed by atoms with Gasteiger partial charge in [-0.15, -0.1) is 0 Å². The lowest BCUT2D eigenvalue weighted by molar-refractivity contribution is -0.293. The molecule has 0 spiro atoms. The van der Waals surface area contributed by atoms with Crippen LogP contribution in [0.3, 0.4) is 0 Å². The highest BCUT2D eigenvalue weighted by molar-refractivity contribution is 5.86. The Hall–Kier alpha value is -3.61. The van der Waals surface area contributed by atoms with E-state index in [0.717, 1.165) is 23.1 Å². The Morgan fingerprint density at radius 2 is 1.28 bits per heavy atom. The molecule has 0 unspecified atom stereocenters. The minimum atomic E-state index is -0.585. The van der Waals surface area contributed by atoms with Crippen molar-refractivity contribution in [2.24, 2.45) is 9.98 Å². The highest BCUT2D eigenvalue weighted by atomic mass is 17.2. The maximum atomic E-state index is 12.4. The molecule has 0 amide bonds. The Morgan fingerprint density at radius 1 is 0.722 bits per heavy atom. The zero-order valence-electron chi connectivity index (χ0n) is 21.0. The summed E-state index contributed by atoms with van der Waals surface area (Å²) < 4.78 is 5.23. The first-order valence-electron chi connectivity index (χ1n) is 12.3. The van der Waals surface area contributed by atoms with Gasteiger partial charge in [-0.2, -0.15) is 0 Å². The molecule has 0 heterocycles. The summed E-state index contributed by atoms with van der Waals surface area (Å²) in [5.74, 6) is -0.319. The fraction of sp³-hybridized carbons (Fsp3) is 0.300. The Bertz CT molecular complexity index is 1080. The highest BCUT2D eigenvalue weighted by Crippen LogP contribution is 2.10. The third kappa shape index (κ3) is 9.56. The summed E-state index contributed by atoms with van der Waals surface area (Å²) in [4.78, 5) is 32.0. The van der Waals surface area contributed by atoms with Crippen LogP contribution < -0.4 is 0 Å². The first-order chi connectivity index (χ1) is 17.7. The van der Waals surface area contributed by atoms with Crippen LogP contribution in [0.2, 0.25) is 0 Å². The number of carbonyl (C=O) groups excluding carboxylic acids is 1. The van der Waals surface area contributed by atoms with Crippen molar-refractivity contribution >= 4 is 18.4 Å². The molecule has 36 heavy (non-hydrogen) atoms. The Labute approximate surface area is 213 Å². The monoisotopic (exact) mass is 486 g/mol. The average Bonchev–Trinajstić information content (AvgIpc) is 2.91. The molecule has 3 aromatic carbocycles. The van der Waals surface area contributed by atoms with Crippen LogP contribution in [0, 0.1) is 0 Å². The smallest absolute Gasteiger partial charge is 0.331 e. The Morgan fingerprint density at radius 3 is 1.83 bits per heavy atom. The summed E-state index contributed by atoms with van der Waals surface area (Å²) in [6.45, 7) is 4.88. The number of aliphatic imine (C=N–C) groups is 2. The van der Waals surface area contributed by atoms with Crippen LogP contribution in [0.15, 0.2) is 94.9 Å². The van der Waals surface area contributed by atoms with Gasteiger partial charge in [0, 0.05) is 18.9 Å². The van der Waals surface area contributed by atoms with Gasteiger partial charge in [-0.05, 0) is 42.5 Å². The number of hydrogen-bond acceptors (Lipinski definition) is 6. The van der Waals surface area contributed by atoms with E-state index < -0.39 is 6.04 Å². The second-order valence-corrected chi connectivity index (χ2v) is 8.22. The fourth-order valence-electron chi connectivity index (χ4n) is 3.56. The lowest BCUT2D eigenvalue weighted by Gasteiger charge is -2.12. The Balaban J connectivity index is 1.65. The van der Waals surface area contributed by atoms with Crippen LogP contribution in [-0.4, -0.2) is 50.3 Å². The van der Waals surface area contributed by atoms with Crippen molar-refractivity contribution in [2.45, 2.75) is 38.8 Å². The first-order valence-corrected chi connectivity index (χ1v) is 12.3. The van der Waals surface area contributed by atoms with Crippen molar-refractivity contribution in [3.05, 3.63) is 107 Å². The average molecular weight is 487 g/mol. The third-order valence-corrected chi connectivity index (χ3v) is 5.38. The fourth-order valence-corrected chi connectivity index (χ4v) is 3.56. The quantitative estimate of drug-likeness (QED) is 0.102. The van der Waals surface area contributed by atoms with Crippen LogP contribution in [0.25, 0.3) is 0 Å². The molecule has 188 valence electrons. The molecule has 0 saturated carbocycles. The molecule has 3 aromatic rings. The van der Waals surface area contributed by atoms with Gasteiger partial charge in [0.15, 0.2) is 6.04 Å². The molecule has 0 aliphatic rings. The number of esters is 1. The number of ether oxygens (including phenoxy) is 1. The first kappa shape index (κ1) is 27.0. The van der Waals surface area contributed by atoms with Crippen molar-refractivity contribution in [1.29, 1.82) is 0 Å². The van der Waals surface area contributed by atoms with Crippen LogP contribution >= 0.6 is 0 Å². The lowest BCUT2D eigenvalue weighted by atomic mass is 10.1. The molecule has 0 fully saturated rings. The number of carbonyl (C=O) groups is 1. The molecule has 0 aliphatic heterocycles. The molecule has 0 bridgehead atoms. The van der Waals surface area contributed by atoms with E-state index in [0.29, 0.717) is 26.2 Å². The largest absolute Gasteiger partial charge is 0.464 e. The molecular formula is C30H34N2O4. The highest BCUT2D eigenvalue weighted by Gasteiger charge is 2.18. The SMILES string of the molecule is CCOOC[C@H](Cc1ccccc1)N=Cc1ccc(C=N[C@@H](Cc2ccccc2)C(=O)OCC)cc1. The second kappa shape index (κ2) is 15.4.